The molecule has 0 aliphatic carbocycles. The van der Waals surface area contributed by atoms with Gasteiger partial charge in [-0.1, -0.05) is 253 Å². The van der Waals surface area contributed by atoms with E-state index in [9.17, 15) is 10.5 Å². The molecule has 148 heavy (non-hydrogen) atoms. The lowest BCUT2D eigenvalue weighted by molar-refractivity contribution is 1.00. The highest BCUT2D eigenvalue weighted by Gasteiger charge is 2.40. The van der Waals surface area contributed by atoms with E-state index in [1.807, 2.05) is 122 Å². The molecule has 14 aromatic heterocycles. The zero-order valence-corrected chi connectivity index (χ0v) is 80.6. The van der Waals surface area contributed by atoms with E-state index in [1.54, 1.807) is 0 Å². The van der Waals surface area contributed by atoms with Crippen LogP contribution in [0, 0.1) is 50.4 Å². The van der Waals surface area contributed by atoms with E-state index in [1.165, 1.54) is 22.3 Å². The van der Waals surface area contributed by atoms with E-state index in [2.05, 4.69) is 391 Å². The minimum absolute atomic E-state index is 0.349. The summed E-state index contributed by atoms with van der Waals surface area (Å²) in [6, 6.07) is 144. The van der Waals surface area contributed by atoms with Gasteiger partial charge in [-0.15, -0.1) is 0 Å². The normalized spacial score (nSPS) is 11.9. The maximum atomic E-state index is 12.8. The Morgan fingerprint density at radius 3 is 0.818 bits per heavy atom. The van der Waals surface area contributed by atoms with E-state index in [0.29, 0.717) is 79.2 Å². The molecule has 0 aliphatic rings. The fraction of sp³-hybridized carbons (Fsp3) is 0.0305. The molecule has 0 spiro atoms. The summed E-state index contributed by atoms with van der Waals surface area (Å²) in [7, 11) is 0. The first-order chi connectivity index (χ1) is 73.1. The summed E-state index contributed by atoms with van der Waals surface area (Å²) in [6.45, 7) is 8.65. The number of benzene rings is 16. The number of fused-ring (bicyclic) bond motifs is 24. The van der Waals surface area contributed by atoms with Crippen LogP contribution in [-0.2, 0) is 0 Å². The molecule has 0 fully saturated rings. The second-order valence-electron chi connectivity index (χ2n) is 38.3. The molecule has 17 heteroatoms. The highest BCUT2D eigenvalue weighted by molar-refractivity contribution is 6.21. The van der Waals surface area contributed by atoms with Gasteiger partial charge >= 0.3 is 0 Å². The first kappa shape index (κ1) is 84.6. The molecule has 30 aromatic rings. The number of hydrogen-bond acceptors (Lipinski definition) is 9. The third-order valence-corrected chi connectivity index (χ3v) is 29.9. The van der Waals surface area contributed by atoms with Gasteiger partial charge in [0.1, 0.15) is 45.9 Å². The Labute approximate surface area is 846 Å². The van der Waals surface area contributed by atoms with E-state index >= 15 is 0 Å². The first-order valence-corrected chi connectivity index (χ1v) is 49.7. The minimum atomic E-state index is 0.349. The summed E-state index contributed by atoms with van der Waals surface area (Å²) in [5.41, 5.74) is 31.6. The van der Waals surface area contributed by atoms with Crippen molar-refractivity contribution in [1.82, 2.24) is 71.4 Å². The smallest absolute Gasteiger partial charge is 0.160 e. The Morgan fingerprint density at radius 2 is 0.446 bits per heavy atom. The van der Waals surface area contributed by atoms with Crippen molar-refractivity contribution in [2.75, 3.05) is 0 Å². The average Bonchev–Trinajstić information content (AvgIpc) is 1.60. The number of aryl methyl sites for hydroxylation is 4. The lowest BCUT2D eigenvalue weighted by atomic mass is 9.93. The summed E-state index contributed by atoms with van der Waals surface area (Å²) in [5.74, 6) is 0.513. The second kappa shape index (κ2) is 33.2. The quantitative estimate of drug-likeness (QED) is 0.115. The topological polar surface area (TPSA) is 177 Å². The molecule has 0 saturated carbocycles. The lowest BCUT2D eigenvalue weighted by Gasteiger charge is -2.29. The van der Waals surface area contributed by atoms with Crippen molar-refractivity contribution in [1.29, 1.82) is 10.5 Å². The number of nitriles is 2. The van der Waals surface area contributed by atoms with Crippen LogP contribution >= 0.6 is 0 Å². The van der Waals surface area contributed by atoms with Crippen LogP contribution in [-0.4, -0.2) is 71.4 Å². The molecule has 692 valence electrons. The Hall–Kier alpha value is -20.3. The molecule has 0 bridgehead atoms. The molecule has 14 heterocycles. The molecule has 30 rings (SSSR count). The summed E-state index contributed by atoms with van der Waals surface area (Å²) < 4.78 is 18.6. The van der Waals surface area contributed by atoms with Gasteiger partial charge in [-0.3, -0.25) is 23.3 Å². The number of pyridine rings is 5. The molecular formula is C131H83N17. The Morgan fingerprint density at radius 1 is 0.189 bits per heavy atom. The van der Waals surface area contributed by atoms with Gasteiger partial charge in [0.15, 0.2) is 5.82 Å². The number of rotatable bonds is 12. The van der Waals surface area contributed by atoms with Crippen molar-refractivity contribution >= 4 is 175 Å². The van der Waals surface area contributed by atoms with Crippen molar-refractivity contribution in [2.24, 2.45) is 0 Å². The average molecular weight is 1900 g/mol. The van der Waals surface area contributed by atoms with Crippen LogP contribution in [0.5, 0.6) is 0 Å². The molecule has 0 N–H and O–H groups in total. The first-order valence-electron chi connectivity index (χ1n) is 49.7. The number of aromatic nitrogens is 15. The zero-order chi connectivity index (χ0) is 98.4. The van der Waals surface area contributed by atoms with E-state index in [0.717, 1.165) is 197 Å². The maximum absolute atomic E-state index is 12.8. The lowest BCUT2D eigenvalue weighted by Crippen LogP contribution is -2.17. The molecular weight excluding hydrogens is 1810 g/mol. The van der Waals surface area contributed by atoms with E-state index in [-0.39, 0.29) is 0 Å². The van der Waals surface area contributed by atoms with Crippen LogP contribution < -0.4 is 0 Å². The maximum Gasteiger partial charge on any atom is 0.160 e. The third kappa shape index (κ3) is 12.5. The third-order valence-electron chi connectivity index (χ3n) is 29.9. The molecule has 0 aliphatic heterocycles. The molecule has 0 unspecified atom stereocenters. The van der Waals surface area contributed by atoms with Crippen molar-refractivity contribution in [3.05, 3.63) is 465 Å². The second-order valence-corrected chi connectivity index (χ2v) is 38.3. The van der Waals surface area contributed by atoms with Crippen LogP contribution in [0.1, 0.15) is 33.4 Å². The van der Waals surface area contributed by atoms with Crippen molar-refractivity contribution < 1.29 is 0 Å². The van der Waals surface area contributed by atoms with Gasteiger partial charge in [0, 0.05) is 140 Å². The monoisotopic (exact) mass is 1890 g/mol. The SMILES string of the molecule is Cc1ccc2c(c1)c1ccccc1n2-c1c(C#N)c(-n2c3ccccc3c3cc(C)ccc32)c(-n2c3ccccc3c3cc(C)ccc32)c(-n2c3ccccc3c3cc(C)ccc32)c1-c1ccncc1.N#Cc1c(-n2c3ccccc3c3cccnc32)c(-c2cc(-c3ccccc3)nc(-c3ccccc3)n2)c(-n2c3ccccc3c3cccnc32)c(-n2c3ccccc3c3cccnc32)c1-n1c2ccccc2c2cccnc21. The van der Waals surface area contributed by atoms with Crippen LogP contribution in [0.3, 0.4) is 0 Å². The van der Waals surface area contributed by atoms with Crippen LogP contribution in [0.4, 0.5) is 0 Å². The fourth-order valence-electron chi connectivity index (χ4n) is 23.8. The standard InChI is InChI=1S/C67H39N11.C64H44N6/c68-40-51-59(75-54-31-11-7-23-43(54)47-27-15-35-69-64(47)75)58(53-39-52(41-19-3-1-4-20-41)73-63(74-53)42-21-5-2-6-22-42)61(77-56-33-13-9-25-45(56)49-29-17-37-71-66(49)77)62(78-57-34-14-10-26-46(57)50-30-18-38-72-67(50)78)60(51)76-55-32-12-8-24-44(55)48-28-16-36-70-65(48)76;1-38-21-25-56-47(33-38)43-13-5-9-17-52(43)67(56)61-51(37-65)62(68-53-18-10-6-14-44(53)48-34-39(2)22-26-57(48)68)64(70-55-20-12-8-16-46(55)50-36-41(4)24-28-59(50)70)63(60(61)42-29-31-66-32-30-42)69-54-19-11-7-15-45(54)49-35-40(3)23-27-58(49)69/h1-39H;5-36H,1-4H3. The zero-order valence-electron chi connectivity index (χ0n) is 80.6. The van der Waals surface area contributed by atoms with Crippen molar-refractivity contribution in [3.63, 3.8) is 0 Å². The van der Waals surface area contributed by atoms with E-state index < -0.39 is 0 Å². The molecule has 0 saturated heterocycles. The van der Waals surface area contributed by atoms with Gasteiger partial charge in [0.05, 0.1) is 129 Å². The summed E-state index contributed by atoms with van der Waals surface area (Å²) in [5, 5.41) is 42.3. The van der Waals surface area contributed by atoms with Crippen LogP contribution in [0.15, 0.2) is 431 Å². The van der Waals surface area contributed by atoms with Gasteiger partial charge in [0.25, 0.3) is 0 Å². The Kier molecular flexibility index (Phi) is 19.0. The van der Waals surface area contributed by atoms with E-state index in [4.69, 9.17) is 29.9 Å². The Bertz CT molecular complexity index is 10700. The highest BCUT2D eigenvalue weighted by Crippen LogP contribution is 2.56. The van der Waals surface area contributed by atoms with Gasteiger partial charge in [-0.25, -0.2) is 29.9 Å². The summed E-state index contributed by atoms with van der Waals surface area (Å²) in [4.78, 5) is 36.9. The molecule has 0 radical (unpaired) electrons. The minimum Gasteiger partial charge on any atom is -0.307 e. The molecule has 0 atom stereocenters. The van der Waals surface area contributed by atoms with Gasteiger partial charge in [-0.05, 0) is 197 Å². The summed E-state index contributed by atoms with van der Waals surface area (Å²) >= 11 is 0. The van der Waals surface area contributed by atoms with Gasteiger partial charge in [-0.2, -0.15) is 10.5 Å². The number of nitrogens with zero attached hydrogens (tertiary/aromatic N) is 17. The van der Waals surface area contributed by atoms with Gasteiger partial charge < -0.3 is 18.3 Å². The van der Waals surface area contributed by atoms with Crippen molar-refractivity contribution in [2.45, 2.75) is 27.7 Å². The summed E-state index contributed by atoms with van der Waals surface area (Å²) in [6.07, 6.45) is 11.1. The van der Waals surface area contributed by atoms with Gasteiger partial charge in [0.2, 0.25) is 0 Å². The van der Waals surface area contributed by atoms with Crippen LogP contribution in [0.25, 0.3) is 265 Å². The predicted octanol–water partition coefficient (Wildman–Crippen LogP) is 31.6. The molecule has 16 aromatic carbocycles. The largest absolute Gasteiger partial charge is 0.307 e. The molecule has 17 nitrogen and oxygen atoms in total. The fourth-order valence-corrected chi connectivity index (χ4v) is 23.8. The van der Waals surface area contributed by atoms with Crippen LogP contribution in [0.2, 0.25) is 0 Å². The van der Waals surface area contributed by atoms with Crippen molar-refractivity contribution in [3.8, 4) is 103 Å². The molecule has 0 amide bonds. The number of para-hydroxylation sites is 8. The Balaban J connectivity index is 0.000000140. The predicted molar refractivity (Wildman–Crippen MR) is 602 cm³/mol. The highest BCUT2D eigenvalue weighted by atomic mass is 15.2. The number of hydrogen-bond donors (Lipinski definition) is 0.